The summed E-state index contributed by atoms with van der Waals surface area (Å²) in [6.07, 6.45) is 5.34. The Hall–Kier alpha value is -1.46. The third-order valence-electron chi connectivity index (χ3n) is 2.42. The van der Waals surface area contributed by atoms with Gasteiger partial charge in [-0.2, -0.15) is 0 Å². The van der Waals surface area contributed by atoms with E-state index >= 15 is 0 Å². The van der Waals surface area contributed by atoms with Crippen LogP contribution in [0, 0.1) is 0 Å². The van der Waals surface area contributed by atoms with Crippen molar-refractivity contribution in [1.82, 2.24) is 0 Å². The Kier molecular flexibility index (Phi) is 5.45. The largest absolute Gasteiger partial charge is 0.497 e. The van der Waals surface area contributed by atoms with Crippen LogP contribution in [0.5, 0.6) is 5.75 Å². The number of ether oxygens (including phenoxy) is 1. The fraction of sp³-hybridized carbons (Fsp3) is 0.400. The molecule has 0 radical (unpaired) electrons. The zero-order valence-electron chi connectivity index (χ0n) is 10.4. The molecule has 0 bridgehead atoms. The maximum atomic E-state index is 5.15. The Morgan fingerprint density at radius 2 is 1.94 bits per heavy atom. The lowest BCUT2D eigenvalue weighted by Crippen LogP contribution is -1.85. The van der Waals surface area contributed by atoms with Gasteiger partial charge >= 0.3 is 0 Å². The molecule has 0 heterocycles. The molecule has 0 fully saturated rings. The lowest BCUT2D eigenvalue weighted by molar-refractivity contribution is 0.415. The SMILES string of the molecule is CCC=C=C(CCC)c1ccc(OC)cc1. The van der Waals surface area contributed by atoms with Crippen LogP contribution in [-0.4, -0.2) is 7.11 Å². The molecule has 0 atom stereocenters. The molecule has 0 spiro atoms. The maximum absolute atomic E-state index is 5.15. The molecule has 0 amide bonds. The second-order valence-electron chi connectivity index (χ2n) is 3.71. The lowest BCUT2D eigenvalue weighted by Gasteiger charge is -2.05. The van der Waals surface area contributed by atoms with E-state index in [1.807, 2.05) is 12.1 Å². The van der Waals surface area contributed by atoms with Gasteiger partial charge in [0.15, 0.2) is 0 Å². The van der Waals surface area contributed by atoms with Gasteiger partial charge in [0.1, 0.15) is 5.75 Å². The smallest absolute Gasteiger partial charge is 0.118 e. The molecule has 1 aromatic rings. The summed E-state index contributed by atoms with van der Waals surface area (Å²) < 4.78 is 5.15. The second-order valence-corrected chi connectivity index (χ2v) is 3.71. The van der Waals surface area contributed by atoms with Crippen molar-refractivity contribution in [3.05, 3.63) is 41.6 Å². The van der Waals surface area contributed by atoms with Gasteiger partial charge in [-0.25, -0.2) is 0 Å². The van der Waals surface area contributed by atoms with Crippen molar-refractivity contribution in [2.45, 2.75) is 33.1 Å². The predicted octanol–water partition coefficient (Wildman–Crippen LogP) is 4.44. The molecule has 1 nitrogen and oxygen atoms in total. The van der Waals surface area contributed by atoms with Gasteiger partial charge < -0.3 is 4.74 Å². The van der Waals surface area contributed by atoms with Crippen LogP contribution in [0.4, 0.5) is 0 Å². The molecule has 86 valence electrons. The Balaban J connectivity index is 2.97. The molecule has 0 aliphatic rings. The van der Waals surface area contributed by atoms with Crippen LogP contribution in [0.3, 0.4) is 0 Å². The number of methoxy groups -OCH3 is 1. The molecule has 16 heavy (non-hydrogen) atoms. The van der Waals surface area contributed by atoms with E-state index in [1.54, 1.807) is 7.11 Å². The zero-order chi connectivity index (χ0) is 11.8. The summed E-state index contributed by atoms with van der Waals surface area (Å²) in [4.78, 5) is 0. The molecule has 1 rings (SSSR count). The fourth-order valence-electron chi connectivity index (χ4n) is 1.57. The van der Waals surface area contributed by atoms with Gasteiger partial charge in [0.2, 0.25) is 0 Å². The normalized spacial score (nSPS) is 9.44. The summed E-state index contributed by atoms with van der Waals surface area (Å²) in [5.41, 5.74) is 5.90. The number of hydrogen-bond donors (Lipinski definition) is 0. The van der Waals surface area contributed by atoms with E-state index in [2.05, 4.69) is 37.8 Å². The van der Waals surface area contributed by atoms with Crippen LogP contribution in [0.25, 0.3) is 5.57 Å². The topological polar surface area (TPSA) is 9.23 Å². The van der Waals surface area contributed by atoms with E-state index in [-0.39, 0.29) is 0 Å². The highest BCUT2D eigenvalue weighted by Gasteiger charge is 1.99. The summed E-state index contributed by atoms with van der Waals surface area (Å²) in [6, 6.07) is 8.19. The molecule has 0 aliphatic carbocycles. The van der Waals surface area contributed by atoms with Crippen LogP contribution in [-0.2, 0) is 0 Å². The Morgan fingerprint density at radius 3 is 2.44 bits per heavy atom. The molecule has 0 aromatic heterocycles. The predicted molar refractivity (Wildman–Crippen MR) is 69.7 cm³/mol. The molecule has 0 unspecified atom stereocenters. The first-order valence-electron chi connectivity index (χ1n) is 5.90. The molecule has 0 saturated carbocycles. The van der Waals surface area contributed by atoms with E-state index in [4.69, 9.17) is 4.74 Å². The number of rotatable bonds is 5. The Morgan fingerprint density at radius 1 is 1.25 bits per heavy atom. The van der Waals surface area contributed by atoms with Crippen LogP contribution in [0.15, 0.2) is 36.1 Å². The number of hydrogen-bond acceptors (Lipinski definition) is 1. The minimum absolute atomic E-state index is 0.902. The molecule has 0 aliphatic heterocycles. The summed E-state index contributed by atoms with van der Waals surface area (Å²) in [5.74, 6) is 0.902. The van der Waals surface area contributed by atoms with Crippen molar-refractivity contribution in [1.29, 1.82) is 0 Å². The van der Waals surface area contributed by atoms with Crippen LogP contribution < -0.4 is 4.74 Å². The van der Waals surface area contributed by atoms with Crippen molar-refractivity contribution < 1.29 is 4.74 Å². The quantitative estimate of drug-likeness (QED) is 0.661. The Bertz CT molecular complexity index is 367. The molecule has 1 heteroatoms. The average molecular weight is 216 g/mol. The fourth-order valence-corrected chi connectivity index (χ4v) is 1.57. The van der Waals surface area contributed by atoms with E-state index in [9.17, 15) is 0 Å². The van der Waals surface area contributed by atoms with E-state index < -0.39 is 0 Å². The van der Waals surface area contributed by atoms with Crippen molar-refractivity contribution in [3.63, 3.8) is 0 Å². The van der Waals surface area contributed by atoms with Gasteiger partial charge in [0.05, 0.1) is 7.11 Å². The molecular weight excluding hydrogens is 196 g/mol. The van der Waals surface area contributed by atoms with E-state index in [1.165, 1.54) is 11.1 Å². The first kappa shape index (κ1) is 12.6. The van der Waals surface area contributed by atoms with Crippen LogP contribution in [0.2, 0.25) is 0 Å². The van der Waals surface area contributed by atoms with Crippen molar-refractivity contribution in [3.8, 4) is 5.75 Å². The first-order valence-corrected chi connectivity index (χ1v) is 5.90. The van der Waals surface area contributed by atoms with Gasteiger partial charge in [-0.1, -0.05) is 32.4 Å². The number of allylic oxidation sites excluding steroid dienone is 1. The number of benzene rings is 1. The molecule has 1 aromatic carbocycles. The monoisotopic (exact) mass is 216 g/mol. The lowest BCUT2D eigenvalue weighted by atomic mass is 10.0. The summed E-state index contributed by atoms with van der Waals surface area (Å²) in [5, 5.41) is 0. The zero-order valence-corrected chi connectivity index (χ0v) is 10.4. The van der Waals surface area contributed by atoms with Gasteiger partial charge in [-0.3, -0.25) is 0 Å². The standard InChI is InChI=1S/C15H20O/c1-4-6-8-13(7-5-2)14-9-11-15(16-3)12-10-14/h6,9-12H,4-5,7H2,1-3H3. The van der Waals surface area contributed by atoms with E-state index in [0.717, 1.165) is 25.0 Å². The minimum Gasteiger partial charge on any atom is -0.497 e. The first-order chi connectivity index (χ1) is 7.81. The highest BCUT2D eigenvalue weighted by molar-refractivity contribution is 5.65. The minimum atomic E-state index is 0.902. The van der Waals surface area contributed by atoms with Crippen molar-refractivity contribution in [2.24, 2.45) is 0 Å². The molecular formula is C15H20O. The van der Waals surface area contributed by atoms with Crippen LogP contribution in [0.1, 0.15) is 38.7 Å². The second kappa shape index (κ2) is 6.92. The van der Waals surface area contributed by atoms with Crippen molar-refractivity contribution >= 4 is 5.57 Å². The van der Waals surface area contributed by atoms with Crippen LogP contribution >= 0.6 is 0 Å². The third-order valence-corrected chi connectivity index (χ3v) is 2.42. The Labute approximate surface area is 98.5 Å². The highest BCUT2D eigenvalue weighted by Crippen LogP contribution is 2.21. The summed E-state index contributed by atoms with van der Waals surface area (Å²) in [6.45, 7) is 4.32. The van der Waals surface area contributed by atoms with E-state index in [0.29, 0.717) is 0 Å². The van der Waals surface area contributed by atoms with Gasteiger partial charge in [0.25, 0.3) is 0 Å². The summed E-state index contributed by atoms with van der Waals surface area (Å²) >= 11 is 0. The van der Waals surface area contributed by atoms with Gasteiger partial charge in [-0.15, -0.1) is 5.73 Å². The van der Waals surface area contributed by atoms with Crippen molar-refractivity contribution in [2.75, 3.05) is 7.11 Å². The van der Waals surface area contributed by atoms with Gasteiger partial charge in [0, 0.05) is 5.57 Å². The molecule has 0 N–H and O–H groups in total. The molecule has 0 saturated heterocycles. The highest BCUT2D eigenvalue weighted by atomic mass is 16.5. The maximum Gasteiger partial charge on any atom is 0.118 e. The third kappa shape index (κ3) is 3.60. The summed E-state index contributed by atoms with van der Waals surface area (Å²) in [7, 11) is 1.69. The van der Waals surface area contributed by atoms with Gasteiger partial charge in [-0.05, 0) is 36.6 Å². The average Bonchev–Trinajstić information content (AvgIpc) is 2.35.